The zero-order valence-electron chi connectivity index (χ0n) is 19.2. The Hall–Kier alpha value is -2.69. The monoisotopic (exact) mass is 479 g/mol. The van der Waals surface area contributed by atoms with Crippen LogP contribution in [0.15, 0.2) is 47.4 Å². The first kappa shape index (κ1) is 24.9. The maximum atomic E-state index is 13.3. The van der Waals surface area contributed by atoms with E-state index in [1.165, 1.54) is 29.2 Å². The number of fused-ring (bicyclic) bond motifs is 1. The third-order valence-electron chi connectivity index (χ3n) is 5.60. The molecule has 3 rings (SSSR count). The SMILES string of the molecule is CO[C@@H]1CN(C)C(=O)c2cc(NS(=O)(=O)c3ccc(F)cc3)ccc2OC[C@@H](C)NC[C@@H]1C. The van der Waals surface area contributed by atoms with Crippen molar-refractivity contribution in [3.8, 4) is 5.75 Å². The molecule has 0 radical (unpaired) electrons. The quantitative estimate of drug-likeness (QED) is 0.700. The molecule has 8 nitrogen and oxygen atoms in total. The minimum absolute atomic E-state index is 0.0294. The summed E-state index contributed by atoms with van der Waals surface area (Å²) in [7, 11) is -0.681. The number of ether oxygens (including phenoxy) is 2. The fourth-order valence-electron chi connectivity index (χ4n) is 3.55. The van der Waals surface area contributed by atoms with Gasteiger partial charge < -0.3 is 19.7 Å². The topological polar surface area (TPSA) is 97.0 Å². The number of sulfonamides is 1. The van der Waals surface area contributed by atoms with Crippen LogP contribution in [-0.4, -0.2) is 65.2 Å². The molecular formula is C23H30FN3O5S. The molecule has 0 fully saturated rings. The molecule has 2 aromatic carbocycles. The molecule has 33 heavy (non-hydrogen) atoms. The smallest absolute Gasteiger partial charge is 0.261 e. The van der Waals surface area contributed by atoms with Crippen molar-refractivity contribution in [3.05, 3.63) is 53.8 Å². The molecule has 10 heteroatoms. The third kappa shape index (κ3) is 6.21. The number of carbonyl (C=O) groups is 1. The van der Waals surface area contributed by atoms with Crippen LogP contribution in [0.2, 0.25) is 0 Å². The molecular weight excluding hydrogens is 449 g/mol. The number of likely N-dealkylation sites (N-methyl/N-ethyl adjacent to an activating group) is 1. The molecule has 1 amide bonds. The molecule has 180 valence electrons. The molecule has 1 aliphatic heterocycles. The number of nitrogens with one attached hydrogen (secondary N) is 2. The van der Waals surface area contributed by atoms with Crippen LogP contribution in [0.25, 0.3) is 0 Å². The average Bonchev–Trinajstić information content (AvgIpc) is 2.78. The molecule has 1 aliphatic rings. The van der Waals surface area contributed by atoms with Crippen LogP contribution >= 0.6 is 0 Å². The number of hydrogen-bond donors (Lipinski definition) is 2. The largest absolute Gasteiger partial charge is 0.491 e. The highest BCUT2D eigenvalue weighted by atomic mass is 32.2. The molecule has 0 saturated heterocycles. The molecule has 2 aromatic rings. The number of methoxy groups -OCH3 is 1. The number of amides is 1. The number of benzene rings is 2. The summed E-state index contributed by atoms with van der Waals surface area (Å²) in [6, 6.07) is 9.06. The number of hydrogen-bond acceptors (Lipinski definition) is 6. The maximum absolute atomic E-state index is 13.3. The predicted octanol–water partition coefficient (Wildman–Crippen LogP) is 2.72. The summed E-state index contributed by atoms with van der Waals surface area (Å²) in [6.07, 6.45) is -0.178. The van der Waals surface area contributed by atoms with Crippen LogP contribution in [0, 0.1) is 11.7 Å². The Morgan fingerprint density at radius 1 is 1.18 bits per heavy atom. The van der Waals surface area contributed by atoms with Crippen LogP contribution < -0.4 is 14.8 Å². The number of nitrogens with zero attached hydrogens (tertiary/aromatic N) is 1. The molecule has 0 spiro atoms. The van der Waals surface area contributed by atoms with Gasteiger partial charge in [0.2, 0.25) is 0 Å². The van der Waals surface area contributed by atoms with E-state index in [0.29, 0.717) is 25.4 Å². The van der Waals surface area contributed by atoms with Gasteiger partial charge in [0.05, 0.1) is 16.6 Å². The van der Waals surface area contributed by atoms with Gasteiger partial charge >= 0.3 is 0 Å². The first-order chi connectivity index (χ1) is 15.6. The van der Waals surface area contributed by atoms with Crippen LogP contribution in [-0.2, 0) is 14.8 Å². The zero-order chi connectivity index (χ0) is 24.2. The van der Waals surface area contributed by atoms with E-state index in [9.17, 15) is 17.6 Å². The Bertz CT molecular complexity index is 1080. The van der Waals surface area contributed by atoms with Crippen molar-refractivity contribution in [2.45, 2.75) is 30.9 Å². The summed E-state index contributed by atoms with van der Waals surface area (Å²) >= 11 is 0. The van der Waals surface area contributed by atoms with Gasteiger partial charge in [-0.05, 0) is 55.3 Å². The lowest BCUT2D eigenvalue weighted by molar-refractivity contribution is 0.0281. The van der Waals surface area contributed by atoms with E-state index in [1.54, 1.807) is 20.2 Å². The second-order valence-electron chi connectivity index (χ2n) is 8.33. The van der Waals surface area contributed by atoms with E-state index < -0.39 is 15.8 Å². The van der Waals surface area contributed by atoms with Crippen molar-refractivity contribution in [1.29, 1.82) is 0 Å². The van der Waals surface area contributed by atoms with Crippen LogP contribution in [0.3, 0.4) is 0 Å². The molecule has 0 aliphatic carbocycles. The van der Waals surface area contributed by atoms with Gasteiger partial charge in [-0.25, -0.2) is 12.8 Å². The van der Waals surface area contributed by atoms with Crippen molar-refractivity contribution in [3.63, 3.8) is 0 Å². The summed E-state index contributed by atoms with van der Waals surface area (Å²) in [5.41, 5.74) is 0.422. The molecule has 3 atom stereocenters. The predicted molar refractivity (Wildman–Crippen MR) is 124 cm³/mol. The Labute approximate surface area is 194 Å². The third-order valence-corrected chi connectivity index (χ3v) is 7.00. The normalized spacial score (nSPS) is 22.5. The van der Waals surface area contributed by atoms with Crippen molar-refractivity contribution in [2.75, 3.05) is 38.6 Å². The molecule has 0 bridgehead atoms. The van der Waals surface area contributed by atoms with Gasteiger partial charge in [0.25, 0.3) is 15.9 Å². The second kappa shape index (κ2) is 10.5. The zero-order valence-corrected chi connectivity index (χ0v) is 20.0. The lowest BCUT2D eigenvalue weighted by atomic mass is 10.0. The summed E-state index contributed by atoms with van der Waals surface area (Å²) in [5, 5.41) is 3.41. The maximum Gasteiger partial charge on any atom is 0.261 e. The van der Waals surface area contributed by atoms with E-state index in [-0.39, 0.29) is 40.1 Å². The van der Waals surface area contributed by atoms with Gasteiger partial charge in [-0.2, -0.15) is 0 Å². The Kier molecular flexibility index (Phi) is 7.93. The second-order valence-corrected chi connectivity index (χ2v) is 10.0. The highest BCUT2D eigenvalue weighted by Crippen LogP contribution is 2.27. The first-order valence-corrected chi connectivity index (χ1v) is 12.2. The molecule has 0 saturated carbocycles. The minimum atomic E-state index is -3.97. The average molecular weight is 480 g/mol. The van der Waals surface area contributed by atoms with Crippen molar-refractivity contribution < 1.29 is 27.1 Å². The Morgan fingerprint density at radius 3 is 2.55 bits per heavy atom. The van der Waals surface area contributed by atoms with E-state index in [1.807, 2.05) is 6.92 Å². The van der Waals surface area contributed by atoms with Gasteiger partial charge in [-0.15, -0.1) is 0 Å². The number of anilines is 1. The van der Waals surface area contributed by atoms with Gasteiger partial charge in [0, 0.05) is 39.0 Å². The van der Waals surface area contributed by atoms with Crippen molar-refractivity contribution in [1.82, 2.24) is 10.2 Å². The summed E-state index contributed by atoms with van der Waals surface area (Å²) < 4.78 is 52.6. The fraction of sp³-hybridized carbons (Fsp3) is 0.435. The minimum Gasteiger partial charge on any atom is -0.491 e. The lowest BCUT2D eigenvalue weighted by Gasteiger charge is -2.30. The van der Waals surface area contributed by atoms with Crippen LogP contribution in [0.5, 0.6) is 5.75 Å². The number of halogens is 1. The number of carbonyl (C=O) groups excluding carboxylic acids is 1. The van der Waals surface area contributed by atoms with Gasteiger partial charge in [-0.3, -0.25) is 9.52 Å². The molecule has 0 aromatic heterocycles. The summed E-state index contributed by atoms with van der Waals surface area (Å²) in [4.78, 5) is 14.7. The van der Waals surface area contributed by atoms with Gasteiger partial charge in [0.1, 0.15) is 18.2 Å². The van der Waals surface area contributed by atoms with E-state index >= 15 is 0 Å². The highest BCUT2D eigenvalue weighted by molar-refractivity contribution is 7.92. The standard InChI is InChI=1S/C23H30FN3O5S/c1-15-12-25-16(2)14-32-21-10-7-18(11-20(21)23(28)27(3)13-22(15)31-4)26-33(29,30)19-8-5-17(24)6-9-19/h5-11,15-16,22,25-26H,12-14H2,1-4H3/t15-,16+,22+/m0/s1. The van der Waals surface area contributed by atoms with E-state index in [2.05, 4.69) is 17.0 Å². The van der Waals surface area contributed by atoms with Crippen molar-refractivity contribution >= 4 is 21.6 Å². The van der Waals surface area contributed by atoms with Crippen LogP contribution in [0.1, 0.15) is 24.2 Å². The summed E-state index contributed by atoms with van der Waals surface area (Å²) in [5.74, 6) is -0.344. The Morgan fingerprint density at radius 2 is 1.88 bits per heavy atom. The first-order valence-electron chi connectivity index (χ1n) is 10.7. The van der Waals surface area contributed by atoms with Crippen molar-refractivity contribution in [2.24, 2.45) is 5.92 Å². The van der Waals surface area contributed by atoms with Gasteiger partial charge in [0.15, 0.2) is 0 Å². The molecule has 2 N–H and O–H groups in total. The molecule has 1 heterocycles. The van der Waals surface area contributed by atoms with E-state index in [4.69, 9.17) is 9.47 Å². The van der Waals surface area contributed by atoms with E-state index in [0.717, 1.165) is 12.1 Å². The van der Waals surface area contributed by atoms with Gasteiger partial charge in [-0.1, -0.05) is 6.92 Å². The molecule has 0 unspecified atom stereocenters. The fourth-order valence-corrected chi connectivity index (χ4v) is 4.60. The lowest BCUT2D eigenvalue weighted by Crippen LogP contribution is -2.44. The Balaban J connectivity index is 1.93. The van der Waals surface area contributed by atoms with Crippen LogP contribution in [0.4, 0.5) is 10.1 Å². The number of rotatable bonds is 4. The summed E-state index contributed by atoms with van der Waals surface area (Å²) in [6.45, 7) is 5.43. The highest BCUT2D eigenvalue weighted by Gasteiger charge is 2.26.